The predicted molar refractivity (Wildman–Crippen MR) is 75.6 cm³/mol. The summed E-state index contributed by atoms with van der Waals surface area (Å²) in [5.74, 6) is -3.40. The first kappa shape index (κ1) is 18.1. The fourth-order valence-corrected chi connectivity index (χ4v) is 1.82. The minimum atomic E-state index is -1.48. The molecule has 0 radical (unpaired) electrons. The zero-order valence-corrected chi connectivity index (χ0v) is 10.6. The summed E-state index contributed by atoms with van der Waals surface area (Å²) in [7, 11) is 0. The molecule has 0 atom stereocenters. The number of hydrogen-bond donors (Lipinski definition) is 3. The van der Waals surface area contributed by atoms with E-state index in [4.69, 9.17) is 28.2 Å². The van der Waals surface area contributed by atoms with Gasteiger partial charge >= 0.3 is 57.4 Å². The Kier molecular flexibility index (Phi) is 5.90. The molecule has 5 N–H and O–H groups in total. The van der Waals surface area contributed by atoms with Gasteiger partial charge in [-0.15, -0.1) is 0 Å². The molecule has 21 heavy (non-hydrogen) atoms. The third kappa shape index (κ3) is 3.28. The van der Waals surface area contributed by atoms with E-state index in [1.807, 2.05) is 0 Å². The van der Waals surface area contributed by atoms with Gasteiger partial charge in [-0.2, -0.15) is 5.10 Å². The molecule has 0 saturated heterocycles. The summed E-state index contributed by atoms with van der Waals surface area (Å²) in [6, 6.07) is 3.92. The number of halogens is 2. The van der Waals surface area contributed by atoms with Crippen molar-refractivity contribution < 1.29 is 19.1 Å². The van der Waals surface area contributed by atoms with Gasteiger partial charge in [-0.25, -0.2) is 13.9 Å². The number of anilines is 1. The van der Waals surface area contributed by atoms with Crippen molar-refractivity contribution in [1.29, 1.82) is 0 Å². The molecule has 0 spiro atoms. The molecule has 1 aromatic carbocycles. The van der Waals surface area contributed by atoms with Gasteiger partial charge in [0, 0.05) is 0 Å². The third-order valence-corrected chi connectivity index (χ3v) is 2.81. The van der Waals surface area contributed by atoms with E-state index in [1.54, 1.807) is 0 Å². The summed E-state index contributed by atoms with van der Waals surface area (Å²) >= 11 is 5.62. The first-order valence-corrected chi connectivity index (χ1v) is 5.58. The molecule has 0 unspecified atom stereocenters. The van der Waals surface area contributed by atoms with Crippen LogP contribution in [-0.4, -0.2) is 78.1 Å². The Hall–Kier alpha value is -0.974. The molecule has 1 aromatic heterocycles. The van der Waals surface area contributed by atoms with E-state index >= 15 is 0 Å². The van der Waals surface area contributed by atoms with Gasteiger partial charge in [0.25, 0.3) is 5.91 Å². The fraction of sp³-hybridized carbons (Fsp3) is 0. The van der Waals surface area contributed by atoms with Gasteiger partial charge in [-0.1, -0.05) is 17.7 Å². The van der Waals surface area contributed by atoms with Crippen molar-refractivity contribution in [1.82, 2.24) is 9.78 Å². The standard InChI is InChI=1S/C11H8ClFN4O3.K.H/c12-4-2-1-3-5(6(4)13)17-9(11(19)20)7(14)8(16-17)10(15)18;;/h1-3H,14H2,(H2,15,18)(H,19,20);;. The quantitative estimate of drug-likeness (QED) is 0.698. The van der Waals surface area contributed by atoms with Crippen molar-refractivity contribution in [3.05, 3.63) is 40.4 Å². The molecule has 0 fully saturated rings. The number of aromatic nitrogens is 2. The molecule has 1 heterocycles. The van der Waals surface area contributed by atoms with Crippen molar-refractivity contribution in [3.63, 3.8) is 0 Å². The number of carboxylic acid groups (broad SMARTS) is 1. The Labute approximate surface area is 165 Å². The number of nitrogen functional groups attached to an aromatic ring is 1. The zero-order chi connectivity index (χ0) is 15.0. The molecule has 0 bridgehead atoms. The summed E-state index contributed by atoms with van der Waals surface area (Å²) in [6.45, 7) is 0. The summed E-state index contributed by atoms with van der Waals surface area (Å²) in [5.41, 5.74) is 8.82. The second-order valence-electron chi connectivity index (χ2n) is 3.77. The Balaban J connectivity index is 0.00000220. The van der Waals surface area contributed by atoms with Crippen LogP contribution >= 0.6 is 11.6 Å². The van der Waals surface area contributed by atoms with E-state index in [-0.39, 0.29) is 62.1 Å². The number of amides is 1. The van der Waals surface area contributed by atoms with E-state index in [0.717, 1.165) is 0 Å². The van der Waals surface area contributed by atoms with Gasteiger partial charge in [0.1, 0.15) is 5.69 Å². The number of nitrogens with two attached hydrogens (primary N) is 2. The van der Waals surface area contributed by atoms with Crippen LogP contribution in [-0.2, 0) is 0 Å². The van der Waals surface area contributed by atoms with Crippen LogP contribution in [0.15, 0.2) is 18.2 Å². The van der Waals surface area contributed by atoms with Crippen molar-refractivity contribution in [3.8, 4) is 5.69 Å². The number of nitrogens with zero attached hydrogens (tertiary/aromatic N) is 2. The molecule has 0 aliphatic heterocycles. The second kappa shape index (κ2) is 6.86. The van der Waals surface area contributed by atoms with E-state index in [2.05, 4.69) is 5.10 Å². The molecule has 7 nitrogen and oxygen atoms in total. The Morgan fingerprint density at radius 3 is 2.52 bits per heavy atom. The first-order valence-electron chi connectivity index (χ1n) is 5.20. The summed E-state index contributed by atoms with van der Waals surface area (Å²) in [4.78, 5) is 22.3. The van der Waals surface area contributed by atoms with Gasteiger partial charge in [-0.05, 0) is 12.1 Å². The Morgan fingerprint density at radius 2 is 2.00 bits per heavy atom. The minimum absolute atomic E-state index is 0. The number of benzene rings is 1. The van der Waals surface area contributed by atoms with Crippen LogP contribution < -0.4 is 11.5 Å². The van der Waals surface area contributed by atoms with Crippen molar-refractivity contribution in [2.45, 2.75) is 0 Å². The number of carbonyl (C=O) groups excluding carboxylic acids is 1. The molecule has 10 heteroatoms. The number of hydrogen-bond acceptors (Lipinski definition) is 4. The average molecular weight is 339 g/mol. The van der Waals surface area contributed by atoms with Gasteiger partial charge in [0.05, 0.1) is 10.7 Å². The molecule has 0 aliphatic rings. The van der Waals surface area contributed by atoms with Crippen molar-refractivity contribution in [2.75, 3.05) is 5.73 Å². The Morgan fingerprint density at radius 1 is 1.38 bits per heavy atom. The van der Waals surface area contributed by atoms with Crippen LogP contribution in [0.5, 0.6) is 0 Å². The molecular weight excluding hydrogens is 330 g/mol. The average Bonchev–Trinajstić information content (AvgIpc) is 2.70. The van der Waals surface area contributed by atoms with Crippen LogP contribution in [0.2, 0.25) is 5.02 Å². The number of rotatable bonds is 3. The van der Waals surface area contributed by atoms with Crippen LogP contribution in [0, 0.1) is 5.82 Å². The van der Waals surface area contributed by atoms with E-state index in [9.17, 15) is 14.0 Å². The summed E-state index contributed by atoms with van der Waals surface area (Å²) in [5, 5.41) is 12.5. The van der Waals surface area contributed by atoms with Crippen LogP contribution in [0.25, 0.3) is 5.69 Å². The topological polar surface area (TPSA) is 124 Å². The fourth-order valence-electron chi connectivity index (χ4n) is 1.65. The van der Waals surface area contributed by atoms with Crippen molar-refractivity contribution >= 4 is 80.5 Å². The number of primary amides is 1. The maximum atomic E-state index is 13.9. The van der Waals surface area contributed by atoms with Crippen molar-refractivity contribution in [2.24, 2.45) is 5.73 Å². The van der Waals surface area contributed by atoms with Crippen LogP contribution in [0.1, 0.15) is 21.0 Å². The zero-order valence-electron chi connectivity index (χ0n) is 9.80. The molecule has 1 amide bonds. The molecular formula is C11H9ClFKN4O3. The van der Waals surface area contributed by atoms with Crippen LogP contribution in [0.3, 0.4) is 0 Å². The maximum absolute atomic E-state index is 13.9. The normalized spacial score (nSPS) is 10.0. The van der Waals surface area contributed by atoms with Gasteiger partial charge in [0.15, 0.2) is 17.2 Å². The van der Waals surface area contributed by atoms with Gasteiger partial charge in [-0.3, -0.25) is 4.79 Å². The summed E-state index contributed by atoms with van der Waals surface area (Å²) < 4.78 is 14.6. The second-order valence-corrected chi connectivity index (χ2v) is 4.17. The molecule has 2 aromatic rings. The van der Waals surface area contributed by atoms with Gasteiger partial charge < -0.3 is 16.6 Å². The predicted octanol–water partition coefficient (Wildman–Crippen LogP) is 0.396. The van der Waals surface area contributed by atoms with E-state index in [1.165, 1.54) is 18.2 Å². The number of aromatic carboxylic acids is 1. The molecule has 106 valence electrons. The molecule has 2 rings (SSSR count). The SMILES string of the molecule is NC(=O)c1nn(-c2cccc(Cl)c2F)c(C(=O)O)c1N.[KH]. The van der Waals surface area contributed by atoms with Crippen LogP contribution in [0.4, 0.5) is 10.1 Å². The van der Waals surface area contributed by atoms with E-state index < -0.39 is 34.8 Å². The van der Waals surface area contributed by atoms with E-state index in [0.29, 0.717) is 4.68 Å². The first-order chi connectivity index (χ1) is 9.34. The number of carbonyl (C=O) groups is 2. The summed E-state index contributed by atoms with van der Waals surface area (Å²) in [6.07, 6.45) is 0. The molecule has 0 aliphatic carbocycles. The Bertz CT molecular complexity index is 734. The van der Waals surface area contributed by atoms with Gasteiger partial charge in [0.2, 0.25) is 0 Å². The third-order valence-electron chi connectivity index (χ3n) is 2.52. The molecule has 0 saturated carbocycles. The monoisotopic (exact) mass is 338 g/mol. The number of carboxylic acids is 1.